The SMILES string of the molecule is CSCCC1CO1. The summed E-state index contributed by atoms with van der Waals surface area (Å²) < 4.78 is 5.00. The molecule has 0 aromatic carbocycles. The van der Waals surface area contributed by atoms with Gasteiger partial charge in [-0.05, 0) is 18.4 Å². The zero-order chi connectivity index (χ0) is 5.11. The second-order valence-electron chi connectivity index (χ2n) is 1.74. The summed E-state index contributed by atoms with van der Waals surface area (Å²) in [5.41, 5.74) is 0. The van der Waals surface area contributed by atoms with Crippen LogP contribution in [0.15, 0.2) is 0 Å². The molecule has 42 valence electrons. The molecule has 0 aromatic rings. The monoisotopic (exact) mass is 118 g/mol. The fourth-order valence-corrected chi connectivity index (χ4v) is 0.983. The van der Waals surface area contributed by atoms with Gasteiger partial charge in [0.1, 0.15) is 0 Å². The first-order valence-electron chi connectivity index (χ1n) is 2.54. The summed E-state index contributed by atoms with van der Waals surface area (Å²) in [4.78, 5) is 0. The van der Waals surface area contributed by atoms with Crippen LogP contribution in [0, 0.1) is 0 Å². The van der Waals surface area contributed by atoms with E-state index in [1.54, 1.807) is 0 Å². The van der Waals surface area contributed by atoms with Crippen molar-refractivity contribution in [2.24, 2.45) is 0 Å². The predicted octanol–water partition coefficient (Wildman–Crippen LogP) is 1.14. The molecule has 0 N–H and O–H groups in total. The van der Waals surface area contributed by atoms with Gasteiger partial charge < -0.3 is 4.74 Å². The van der Waals surface area contributed by atoms with E-state index in [-0.39, 0.29) is 0 Å². The van der Waals surface area contributed by atoms with Gasteiger partial charge in [0.25, 0.3) is 0 Å². The standard InChI is InChI=1S/C5H10OS/c1-7-3-2-5-4-6-5/h5H,2-4H2,1H3. The normalized spacial score (nSPS) is 27.9. The molecule has 1 heterocycles. The molecule has 1 nitrogen and oxygen atoms in total. The summed E-state index contributed by atoms with van der Waals surface area (Å²) in [7, 11) is 0. The third-order valence-corrected chi connectivity index (χ3v) is 1.69. The van der Waals surface area contributed by atoms with Gasteiger partial charge in [-0.15, -0.1) is 0 Å². The van der Waals surface area contributed by atoms with Crippen LogP contribution in [0.5, 0.6) is 0 Å². The summed E-state index contributed by atoms with van der Waals surface area (Å²) in [6.07, 6.45) is 4.01. The average molecular weight is 118 g/mol. The van der Waals surface area contributed by atoms with Gasteiger partial charge >= 0.3 is 0 Å². The molecule has 0 radical (unpaired) electrons. The van der Waals surface area contributed by atoms with Gasteiger partial charge in [-0.1, -0.05) is 0 Å². The van der Waals surface area contributed by atoms with Gasteiger partial charge in [-0.3, -0.25) is 0 Å². The molecule has 1 saturated heterocycles. The first-order chi connectivity index (χ1) is 3.43. The van der Waals surface area contributed by atoms with E-state index in [4.69, 9.17) is 4.74 Å². The molecule has 0 bridgehead atoms. The van der Waals surface area contributed by atoms with E-state index in [0.717, 1.165) is 6.61 Å². The minimum absolute atomic E-state index is 0.632. The summed E-state index contributed by atoms with van der Waals surface area (Å²) in [6.45, 7) is 1.01. The smallest absolute Gasteiger partial charge is 0.0817 e. The molecule has 0 amide bonds. The predicted molar refractivity (Wildman–Crippen MR) is 32.7 cm³/mol. The Morgan fingerprint density at radius 2 is 2.57 bits per heavy atom. The molecule has 1 aliphatic rings. The van der Waals surface area contributed by atoms with Crippen LogP contribution >= 0.6 is 11.8 Å². The fraction of sp³-hybridized carbons (Fsp3) is 1.00. The van der Waals surface area contributed by atoms with E-state index >= 15 is 0 Å². The molecular weight excluding hydrogens is 108 g/mol. The molecule has 0 aromatic heterocycles. The van der Waals surface area contributed by atoms with Gasteiger partial charge in [0.2, 0.25) is 0 Å². The Morgan fingerprint density at radius 1 is 1.86 bits per heavy atom. The largest absolute Gasteiger partial charge is 0.373 e. The zero-order valence-electron chi connectivity index (χ0n) is 4.52. The van der Waals surface area contributed by atoms with Crippen LogP contribution < -0.4 is 0 Å². The number of hydrogen-bond acceptors (Lipinski definition) is 2. The fourth-order valence-electron chi connectivity index (χ4n) is 0.484. The Labute approximate surface area is 48.4 Å². The van der Waals surface area contributed by atoms with E-state index in [2.05, 4.69) is 6.26 Å². The van der Waals surface area contributed by atoms with Crippen molar-refractivity contribution in [3.8, 4) is 0 Å². The van der Waals surface area contributed by atoms with Gasteiger partial charge in [-0.2, -0.15) is 11.8 Å². The average Bonchev–Trinajstić information content (AvgIpc) is 2.42. The quantitative estimate of drug-likeness (QED) is 0.515. The molecule has 1 rings (SSSR count). The van der Waals surface area contributed by atoms with Crippen molar-refractivity contribution in [1.82, 2.24) is 0 Å². The summed E-state index contributed by atoms with van der Waals surface area (Å²) >= 11 is 1.89. The Bertz CT molecular complexity index is 52.0. The number of hydrogen-bond donors (Lipinski definition) is 0. The van der Waals surface area contributed by atoms with Crippen LogP contribution in [-0.2, 0) is 4.74 Å². The minimum atomic E-state index is 0.632. The molecule has 7 heavy (non-hydrogen) atoms. The summed E-state index contributed by atoms with van der Waals surface area (Å²) in [5, 5.41) is 0. The highest BCUT2D eigenvalue weighted by Gasteiger charge is 2.20. The van der Waals surface area contributed by atoms with Crippen LogP contribution in [0.2, 0.25) is 0 Å². The number of thioether (sulfide) groups is 1. The van der Waals surface area contributed by atoms with Crippen molar-refractivity contribution < 1.29 is 4.74 Å². The number of epoxide rings is 1. The second kappa shape index (κ2) is 2.58. The highest BCUT2D eigenvalue weighted by atomic mass is 32.2. The van der Waals surface area contributed by atoms with Crippen LogP contribution in [-0.4, -0.2) is 24.7 Å². The van der Waals surface area contributed by atoms with Crippen molar-refractivity contribution in [3.63, 3.8) is 0 Å². The first-order valence-corrected chi connectivity index (χ1v) is 3.93. The summed E-state index contributed by atoms with van der Waals surface area (Å²) in [5.74, 6) is 1.25. The van der Waals surface area contributed by atoms with Crippen molar-refractivity contribution >= 4 is 11.8 Å². The molecule has 1 atom stereocenters. The van der Waals surface area contributed by atoms with Crippen molar-refractivity contribution in [2.75, 3.05) is 18.6 Å². The maximum absolute atomic E-state index is 5.00. The van der Waals surface area contributed by atoms with Crippen LogP contribution in [0.3, 0.4) is 0 Å². The molecule has 2 heteroatoms. The van der Waals surface area contributed by atoms with E-state index < -0.39 is 0 Å². The van der Waals surface area contributed by atoms with Crippen molar-refractivity contribution in [3.05, 3.63) is 0 Å². The third kappa shape index (κ3) is 2.19. The summed E-state index contributed by atoms with van der Waals surface area (Å²) in [6, 6.07) is 0. The van der Waals surface area contributed by atoms with Gasteiger partial charge in [0.15, 0.2) is 0 Å². The van der Waals surface area contributed by atoms with Gasteiger partial charge in [0.05, 0.1) is 12.7 Å². The topological polar surface area (TPSA) is 12.5 Å². The van der Waals surface area contributed by atoms with Crippen molar-refractivity contribution in [2.45, 2.75) is 12.5 Å². The molecule has 1 aliphatic heterocycles. The van der Waals surface area contributed by atoms with E-state index in [9.17, 15) is 0 Å². The first kappa shape index (κ1) is 5.45. The van der Waals surface area contributed by atoms with Gasteiger partial charge in [-0.25, -0.2) is 0 Å². The Morgan fingerprint density at radius 3 is 3.00 bits per heavy atom. The third-order valence-electron chi connectivity index (χ3n) is 1.05. The van der Waals surface area contributed by atoms with Gasteiger partial charge in [0, 0.05) is 0 Å². The molecule has 0 aliphatic carbocycles. The molecule has 0 saturated carbocycles. The van der Waals surface area contributed by atoms with E-state index in [1.165, 1.54) is 12.2 Å². The Hall–Kier alpha value is 0.310. The molecular formula is C5H10OS. The minimum Gasteiger partial charge on any atom is -0.373 e. The van der Waals surface area contributed by atoms with E-state index in [0.29, 0.717) is 6.10 Å². The van der Waals surface area contributed by atoms with E-state index in [1.807, 2.05) is 11.8 Å². The maximum atomic E-state index is 5.00. The molecule has 1 fully saturated rings. The highest BCUT2D eigenvalue weighted by molar-refractivity contribution is 7.98. The molecule has 0 spiro atoms. The highest BCUT2D eigenvalue weighted by Crippen LogP contribution is 2.14. The Kier molecular flexibility index (Phi) is 2.00. The number of ether oxygens (including phenoxy) is 1. The lowest BCUT2D eigenvalue weighted by Crippen LogP contribution is -1.85. The Balaban J connectivity index is 1.80. The lowest BCUT2D eigenvalue weighted by molar-refractivity contribution is 0.404. The second-order valence-corrected chi connectivity index (χ2v) is 2.72. The maximum Gasteiger partial charge on any atom is 0.0817 e. The number of rotatable bonds is 3. The van der Waals surface area contributed by atoms with Crippen LogP contribution in [0.25, 0.3) is 0 Å². The van der Waals surface area contributed by atoms with Crippen LogP contribution in [0.1, 0.15) is 6.42 Å². The van der Waals surface area contributed by atoms with Crippen molar-refractivity contribution in [1.29, 1.82) is 0 Å². The lowest BCUT2D eigenvalue weighted by Gasteiger charge is -1.86. The molecule has 1 unspecified atom stereocenters. The zero-order valence-corrected chi connectivity index (χ0v) is 5.33. The van der Waals surface area contributed by atoms with Crippen LogP contribution in [0.4, 0.5) is 0 Å². The lowest BCUT2D eigenvalue weighted by atomic mass is 10.4.